The van der Waals surface area contributed by atoms with Crippen molar-refractivity contribution in [2.75, 3.05) is 18.0 Å². The van der Waals surface area contributed by atoms with Crippen LogP contribution in [-0.2, 0) is 0 Å². The van der Waals surface area contributed by atoms with E-state index < -0.39 is 0 Å². The number of hydrogen-bond donors (Lipinski definition) is 0. The summed E-state index contributed by atoms with van der Waals surface area (Å²) in [6.45, 7) is 5.85. The quantitative estimate of drug-likeness (QED) is 0.531. The monoisotopic (exact) mass is 371 g/mol. The number of fused-ring (bicyclic) bond motifs is 1. The molecule has 1 saturated heterocycles. The number of pyridine rings is 1. The second-order valence-electron chi connectivity index (χ2n) is 7.06. The molecule has 0 bridgehead atoms. The Balaban J connectivity index is 1.33. The van der Waals surface area contributed by atoms with E-state index in [1.54, 1.807) is 6.20 Å². The van der Waals surface area contributed by atoms with E-state index in [0.717, 1.165) is 37.0 Å². The molecule has 6 heteroatoms. The Morgan fingerprint density at radius 3 is 2.79 bits per heavy atom. The predicted octanol–water partition coefficient (Wildman–Crippen LogP) is 4.44. The fourth-order valence-corrected chi connectivity index (χ4v) is 3.93. The van der Waals surface area contributed by atoms with Gasteiger partial charge in [0, 0.05) is 42.5 Å². The number of rotatable bonds is 4. The third-order valence-electron chi connectivity index (χ3n) is 5.44. The van der Waals surface area contributed by atoms with E-state index in [1.165, 1.54) is 11.3 Å². The molecular formula is C22H21N5O. The standard InChI is InChI=1S/C22H21N5O/c1-2-16-6-3-4-8-19(16)26-13-9-18(10-14-26)21-24-22(25-28-21)27-15-11-17-7-5-12-23-20(17)27/h2-8,11-12,15,18H,1,9-10,13-14H2. The molecule has 0 spiro atoms. The molecule has 6 nitrogen and oxygen atoms in total. The Hall–Kier alpha value is -3.41. The lowest BCUT2D eigenvalue weighted by Gasteiger charge is -2.33. The average Bonchev–Trinajstić information content (AvgIpc) is 3.41. The number of hydrogen-bond acceptors (Lipinski definition) is 5. The van der Waals surface area contributed by atoms with Gasteiger partial charge in [-0.25, -0.2) is 4.98 Å². The highest BCUT2D eigenvalue weighted by atomic mass is 16.5. The van der Waals surface area contributed by atoms with Gasteiger partial charge in [-0.15, -0.1) is 0 Å². The van der Waals surface area contributed by atoms with Crippen molar-refractivity contribution in [3.63, 3.8) is 0 Å². The van der Waals surface area contributed by atoms with Crippen molar-refractivity contribution in [3.8, 4) is 5.95 Å². The van der Waals surface area contributed by atoms with Crippen LogP contribution in [-0.4, -0.2) is 32.8 Å². The molecule has 3 aromatic heterocycles. The molecule has 0 atom stereocenters. The normalized spacial score (nSPS) is 15.2. The van der Waals surface area contributed by atoms with Gasteiger partial charge in [-0.05, 0) is 47.8 Å². The SMILES string of the molecule is C=Cc1ccccc1N1CCC(c2nc(-n3ccc4cccnc43)no2)CC1. The number of benzene rings is 1. The van der Waals surface area contributed by atoms with Gasteiger partial charge in [0.2, 0.25) is 5.89 Å². The summed E-state index contributed by atoms with van der Waals surface area (Å²) in [5, 5.41) is 5.26. The average molecular weight is 371 g/mol. The number of piperidine rings is 1. The first-order valence-electron chi connectivity index (χ1n) is 9.56. The maximum absolute atomic E-state index is 5.62. The highest BCUT2D eigenvalue weighted by molar-refractivity contribution is 5.77. The van der Waals surface area contributed by atoms with Crippen LogP contribution in [0, 0.1) is 0 Å². The third kappa shape index (κ3) is 2.87. The summed E-state index contributed by atoms with van der Waals surface area (Å²) < 4.78 is 7.49. The van der Waals surface area contributed by atoms with Gasteiger partial charge in [-0.3, -0.25) is 4.57 Å². The Bertz CT molecular complexity index is 1120. The molecule has 4 aromatic rings. The molecule has 0 amide bonds. The first kappa shape index (κ1) is 16.7. The molecule has 0 aliphatic carbocycles. The molecule has 1 fully saturated rings. The Kier molecular flexibility index (Phi) is 4.16. The lowest BCUT2D eigenvalue weighted by molar-refractivity contribution is 0.328. The predicted molar refractivity (Wildman–Crippen MR) is 110 cm³/mol. The van der Waals surface area contributed by atoms with Crippen molar-refractivity contribution in [1.29, 1.82) is 0 Å². The minimum absolute atomic E-state index is 0.281. The van der Waals surface area contributed by atoms with Gasteiger partial charge in [0.15, 0.2) is 0 Å². The van der Waals surface area contributed by atoms with Crippen molar-refractivity contribution in [3.05, 3.63) is 72.9 Å². The Labute approximate surface area is 163 Å². The fourth-order valence-electron chi connectivity index (χ4n) is 3.93. The summed E-state index contributed by atoms with van der Waals surface area (Å²) in [5.74, 6) is 1.54. The summed E-state index contributed by atoms with van der Waals surface area (Å²) in [7, 11) is 0. The van der Waals surface area contributed by atoms with Crippen LogP contribution in [0.2, 0.25) is 0 Å². The summed E-state index contributed by atoms with van der Waals surface area (Å²) >= 11 is 0. The molecule has 0 unspecified atom stereocenters. The Morgan fingerprint density at radius 2 is 1.93 bits per heavy atom. The molecule has 0 radical (unpaired) electrons. The topological polar surface area (TPSA) is 60.0 Å². The molecule has 4 heterocycles. The van der Waals surface area contributed by atoms with Gasteiger partial charge in [0.05, 0.1) is 0 Å². The molecule has 28 heavy (non-hydrogen) atoms. The van der Waals surface area contributed by atoms with E-state index >= 15 is 0 Å². The molecule has 0 N–H and O–H groups in total. The van der Waals surface area contributed by atoms with E-state index in [-0.39, 0.29) is 5.92 Å². The van der Waals surface area contributed by atoms with Gasteiger partial charge < -0.3 is 9.42 Å². The number of anilines is 1. The van der Waals surface area contributed by atoms with E-state index in [9.17, 15) is 0 Å². The minimum atomic E-state index is 0.281. The van der Waals surface area contributed by atoms with Crippen LogP contribution < -0.4 is 4.90 Å². The van der Waals surface area contributed by atoms with Gasteiger partial charge in [-0.2, -0.15) is 4.98 Å². The summed E-state index contributed by atoms with van der Waals surface area (Å²) in [5.41, 5.74) is 3.26. The van der Waals surface area contributed by atoms with Gasteiger partial charge in [0.1, 0.15) is 5.65 Å². The van der Waals surface area contributed by atoms with Gasteiger partial charge in [-0.1, -0.05) is 30.9 Å². The Morgan fingerprint density at radius 1 is 1.07 bits per heavy atom. The van der Waals surface area contributed by atoms with Crippen LogP contribution in [0.5, 0.6) is 0 Å². The summed E-state index contributed by atoms with van der Waals surface area (Å²) in [4.78, 5) is 11.5. The summed E-state index contributed by atoms with van der Waals surface area (Å²) in [6, 6.07) is 14.3. The summed E-state index contributed by atoms with van der Waals surface area (Å²) in [6.07, 6.45) is 7.59. The zero-order valence-electron chi connectivity index (χ0n) is 15.5. The van der Waals surface area contributed by atoms with Gasteiger partial charge in [0.25, 0.3) is 5.95 Å². The second kappa shape index (κ2) is 6.96. The fraction of sp³-hybridized carbons (Fsp3) is 0.227. The van der Waals surface area contributed by atoms with Gasteiger partial charge >= 0.3 is 0 Å². The minimum Gasteiger partial charge on any atom is -0.371 e. The van der Waals surface area contributed by atoms with Crippen LogP contribution in [0.25, 0.3) is 23.1 Å². The van der Waals surface area contributed by atoms with E-state index in [0.29, 0.717) is 11.8 Å². The number of para-hydroxylation sites is 1. The largest absolute Gasteiger partial charge is 0.371 e. The zero-order valence-corrected chi connectivity index (χ0v) is 15.5. The maximum atomic E-state index is 5.62. The molecule has 1 aromatic carbocycles. The highest BCUT2D eigenvalue weighted by Crippen LogP contribution is 2.32. The van der Waals surface area contributed by atoms with E-state index in [1.807, 2.05) is 41.1 Å². The van der Waals surface area contributed by atoms with Crippen molar-refractivity contribution >= 4 is 22.8 Å². The number of nitrogens with zero attached hydrogens (tertiary/aromatic N) is 5. The third-order valence-corrected chi connectivity index (χ3v) is 5.44. The van der Waals surface area contributed by atoms with Crippen LogP contribution in [0.3, 0.4) is 0 Å². The van der Waals surface area contributed by atoms with E-state index in [4.69, 9.17) is 4.52 Å². The van der Waals surface area contributed by atoms with Crippen LogP contribution in [0.4, 0.5) is 5.69 Å². The smallest absolute Gasteiger partial charge is 0.275 e. The van der Waals surface area contributed by atoms with Crippen LogP contribution >= 0.6 is 0 Å². The van der Waals surface area contributed by atoms with Crippen molar-refractivity contribution in [2.24, 2.45) is 0 Å². The maximum Gasteiger partial charge on any atom is 0.275 e. The van der Waals surface area contributed by atoms with Crippen LogP contribution in [0.15, 0.2) is 66.0 Å². The lowest BCUT2D eigenvalue weighted by atomic mass is 9.96. The first-order chi connectivity index (χ1) is 13.8. The van der Waals surface area contributed by atoms with Crippen LogP contribution in [0.1, 0.15) is 30.2 Å². The first-order valence-corrected chi connectivity index (χ1v) is 9.56. The van der Waals surface area contributed by atoms with Crippen molar-refractivity contribution < 1.29 is 4.52 Å². The number of aromatic nitrogens is 4. The molecule has 1 aliphatic heterocycles. The molecule has 1 aliphatic rings. The molecular weight excluding hydrogens is 350 g/mol. The molecule has 140 valence electrons. The van der Waals surface area contributed by atoms with E-state index in [2.05, 4.69) is 44.8 Å². The lowest BCUT2D eigenvalue weighted by Crippen LogP contribution is -2.33. The highest BCUT2D eigenvalue weighted by Gasteiger charge is 2.26. The molecule has 5 rings (SSSR count). The van der Waals surface area contributed by atoms with Crippen molar-refractivity contribution in [1.82, 2.24) is 19.7 Å². The molecule has 0 saturated carbocycles. The second-order valence-corrected chi connectivity index (χ2v) is 7.06. The van der Waals surface area contributed by atoms with Crippen molar-refractivity contribution in [2.45, 2.75) is 18.8 Å². The zero-order chi connectivity index (χ0) is 18.9.